The molecule has 18 heavy (non-hydrogen) atoms. The van der Waals surface area contributed by atoms with Crippen LogP contribution in [0.3, 0.4) is 0 Å². The van der Waals surface area contributed by atoms with Gasteiger partial charge in [-0.2, -0.15) is 0 Å². The van der Waals surface area contributed by atoms with Gasteiger partial charge in [-0.05, 0) is 18.9 Å². The molecule has 0 aliphatic carbocycles. The van der Waals surface area contributed by atoms with Gasteiger partial charge in [0.15, 0.2) is 6.29 Å². The lowest BCUT2D eigenvalue weighted by atomic mass is 9.97. The summed E-state index contributed by atoms with van der Waals surface area (Å²) < 4.78 is 16.1. The standard InChI is InChI=1S/C11H21N3O4/c1-4-5-6-17-10-8(13-14-12)7(2)18-11(16-3)9(10)15/h7-11,15H,4-6H2,1-3H3/t7?,8-,9-,10?,11+/m1/s1. The molecule has 1 N–H and O–H groups in total. The van der Waals surface area contributed by atoms with Gasteiger partial charge in [0.1, 0.15) is 6.10 Å². The second-order valence-corrected chi connectivity index (χ2v) is 4.32. The van der Waals surface area contributed by atoms with E-state index in [0.29, 0.717) is 6.61 Å². The van der Waals surface area contributed by atoms with Crippen molar-refractivity contribution in [1.82, 2.24) is 0 Å². The number of unbranched alkanes of at least 4 members (excludes halogenated alkanes) is 1. The Morgan fingerprint density at radius 3 is 2.78 bits per heavy atom. The van der Waals surface area contributed by atoms with Crippen LogP contribution in [0.25, 0.3) is 10.4 Å². The molecule has 0 spiro atoms. The molecule has 0 aromatic carbocycles. The van der Waals surface area contributed by atoms with E-state index in [1.54, 1.807) is 6.92 Å². The van der Waals surface area contributed by atoms with Gasteiger partial charge in [-0.15, -0.1) is 0 Å². The maximum Gasteiger partial charge on any atom is 0.185 e. The molecule has 2 unspecified atom stereocenters. The monoisotopic (exact) mass is 259 g/mol. The van der Waals surface area contributed by atoms with Crippen molar-refractivity contribution < 1.29 is 19.3 Å². The summed E-state index contributed by atoms with van der Waals surface area (Å²) in [5.74, 6) is 0. The highest BCUT2D eigenvalue weighted by atomic mass is 16.7. The molecular weight excluding hydrogens is 238 g/mol. The van der Waals surface area contributed by atoms with Gasteiger partial charge in [0.05, 0.1) is 18.2 Å². The van der Waals surface area contributed by atoms with Gasteiger partial charge >= 0.3 is 0 Å². The first kappa shape index (κ1) is 15.2. The third-order valence-electron chi connectivity index (χ3n) is 3.01. The highest BCUT2D eigenvalue weighted by Crippen LogP contribution is 2.26. The third kappa shape index (κ3) is 3.57. The first-order valence-electron chi connectivity index (χ1n) is 6.17. The summed E-state index contributed by atoms with van der Waals surface area (Å²) in [6.45, 7) is 4.33. The molecule has 5 atom stereocenters. The Kier molecular flexibility index (Phi) is 6.38. The minimum Gasteiger partial charge on any atom is -0.385 e. The molecule has 0 radical (unpaired) electrons. The molecule has 1 fully saturated rings. The molecule has 7 heteroatoms. The number of rotatable bonds is 6. The van der Waals surface area contributed by atoms with Crippen molar-refractivity contribution >= 4 is 0 Å². The first-order chi connectivity index (χ1) is 8.65. The number of nitrogens with zero attached hydrogens (tertiary/aromatic N) is 3. The number of methoxy groups -OCH3 is 1. The second kappa shape index (κ2) is 7.56. The van der Waals surface area contributed by atoms with Crippen LogP contribution in [0.15, 0.2) is 5.11 Å². The lowest BCUT2D eigenvalue weighted by Gasteiger charge is -2.41. The zero-order valence-electron chi connectivity index (χ0n) is 11.0. The van der Waals surface area contributed by atoms with Crippen molar-refractivity contribution in [3.05, 3.63) is 10.4 Å². The van der Waals surface area contributed by atoms with Crippen molar-refractivity contribution in [2.75, 3.05) is 13.7 Å². The smallest absolute Gasteiger partial charge is 0.185 e. The van der Waals surface area contributed by atoms with E-state index >= 15 is 0 Å². The molecule has 0 bridgehead atoms. The quantitative estimate of drug-likeness (QED) is 0.339. The lowest BCUT2D eigenvalue weighted by Crippen LogP contribution is -2.57. The topological polar surface area (TPSA) is 96.7 Å². The van der Waals surface area contributed by atoms with Crippen molar-refractivity contribution in [1.29, 1.82) is 0 Å². The first-order valence-corrected chi connectivity index (χ1v) is 6.17. The molecule has 0 aromatic heterocycles. The van der Waals surface area contributed by atoms with Crippen LogP contribution in [0.4, 0.5) is 0 Å². The summed E-state index contributed by atoms with van der Waals surface area (Å²) in [6.07, 6.45) is -0.786. The fourth-order valence-electron chi connectivity index (χ4n) is 1.97. The van der Waals surface area contributed by atoms with E-state index in [9.17, 15) is 5.11 Å². The molecule has 0 aromatic rings. The van der Waals surface area contributed by atoms with Crippen LogP contribution in [0.1, 0.15) is 26.7 Å². The number of hydrogen-bond donors (Lipinski definition) is 1. The molecule has 7 nitrogen and oxygen atoms in total. The van der Waals surface area contributed by atoms with E-state index < -0.39 is 24.5 Å². The Morgan fingerprint density at radius 1 is 1.50 bits per heavy atom. The fourth-order valence-corrected chi connectivity index (χ4v) is 1.97. The number of aliphatic hydroxyl groups excluding tert-OH is 1. The average Bonchev–Trinajstić information content (AvgIpc) is 2.37. The average molecular weight is 259 g/mol. The van der Waals surface area contributed by atoms with Crippen LogP contribution >= 0.6 is 0 Å². The highest BCUT2D eigenvalue weighted by molar-refractivity contribution is 4.93. The summed E-state index contributed by atoms with van der Waals surface area (Å²) in [4.78, 5) is 2.79. The summed E-state index contributed by atoms with van der Waals surface area (Å²) in [7, 11) is 1.46. The van der Waals surface area contributed by atoms with E-state index in [1.807, 2.05) is 0 Å². The Bertz CT molecular complexity index is 296. The number of aliphatic hydroxyl groups is 1. The van der Waals surface area contributed by atoms with Crippen molar-refractivity contribution in [2.24, 2.45) is 5.11 Å². The summed E-state index contributed by atoms with van der Waals surface area (Å²) in [5.41, 5.74) is 8.57. The number of azide groups is 1. The maximum absolute atomic E-state index is 10.1. The summed E-state index contributed by atoms with van der Waals surface area (Å²) in [5, 5.41) is 13.7. The minimum atomic E-state index is -0.960. The predicted molar refractivity (Wildman–Crippen MR) is 64.9 cm³/mol. The third-order valence-corrected chi connectivity index (χ3v) is 3.01. The van der Waals surface area contributed by atoms with Crippen LogP contribution in [-0.2, 0) is 14.2 Å². The van der Waals surface area contributed by atoms with Crippen molar-refractivity contribution in [3.8, 4) is 0 Å². The van der Waals surface area contributed by atoms with Gasteiger partial charge in [-0.25, -0.2) is 0 Å². The van der Waals surface area contributed by atoms with E-state index in [-0.39, 0.29) is 6.10 Å². The van der Waals surface area contributed by atoms with Gasteiger partial charge in [-0.3, -0.25) is 0 Å². The molecule has 104 valence electrons. The lowest BCUT2D eigenvalue weighted by molar-refractivity contribution is -0.267. The van der Waals surface area contributed by atoms with E-state index in [2.05, 4.69) is 16.9 Å². The predicted octanol–water partition coefficient (Wildman–Crippen LogP) is 1.60. The fraction of sp³-hybridized carbons (Fsp3) is 1.00. The zero-order chi connectivity index (χ0) is 13.5. The van der Waals surface area contributed by atoms with Crippen molar-refractivity contribution in [2.45, 2.75) is 57.3 Å². The Hall–Kier alpha value is -0.850. The normalized spacial score (nSPS) is 36.1. The molecule has 1 rings (SSSR count). The second-order valence-electron chi connectivity index (χ2n) is 4.32. The van der Waals surface area contributed by atoms with Gasteiger partial charge in [-0.1, -0.05) is 18.5 Å². The Labute approximate surface area is 107 Å². The van der Waals surface area contributed by atoms with Crippen LogP contribution < -0.4 is 0 Å². The molecule has 1 aliphatic heterocycles. The van der Waals surface area contributed by atoms with Crippen LogP contribution in [0.2, 0.25) is 0 Å². The molecule has 1 heterocycles. The van der Waals surface area contributed by atoms with Crippen molar-refractivity contribution in [3.63, 3.8) is 0 Å². The Morgan fingerprint density at radius 2 is 2.22 bits per heavy atom. The van der Waals surface area contributed by atoms with E-state index in [4.69, 9.17) is 19.7 Å². The van der Waals surface area contributed by atoms with Gasteiger partial charge in [0.25, 0.3) is 0 Å². The molecular formula is C11H21N3O4. The maximum atomic E-state index is 10.1. The SMILES string of the molecule is CCCCOC1[C@H](N=[N+]=[N-])C(C)O[C@H](OC)[C@@H]1O. The molecule has 1 aliphatic rings. The van der Waals surface area contributed by atoms with Gasteiger partial charge < -0.3 is 19.3 Å². The molecule has 0 saturated carbocycles. The largest absolute Gasteiger partial charge is 0.385 e. The van der Waals surface area contributed by atoms with E-state index in [1.165, 1.54) is 7.11 Å². The minimum absolute atomic E-state index is 0.360. The summed E-state index contributed by atoms with van der Waals surface area (Å²) in [6, 6.07) is -0.548. The van der Waals surface area contributed by atoms with Gasteiger partial charge in [0.2, 0.25) is 0 Å². The number of ether oxygens (including phenoxy) is 3. The Balaban J connectivity index is 2.76. The summed E-state index contributed by atoms with van der Waals surface area (Å²) >= 11 is 0. The molecule has 0 amide bonds. The highest BCUT2D eigenvalue weighted by Gasteiger charge is 2.44. The molecule has 1 saturated heterocycles. The number of hydrogen-bond acceptors (Lipinski definition) is 5. The van der Waals surface area contributed by atoms with Crippen LogP contribution in [-0.4, -0.2) is 49.5 Å². The zero-order valence-corrected chi connectivity index (χ0v) is 11.0. The van der Waals surface area contributed by atoms with Crippen LogP contribution in [0, 0.1) is 0 Å². The van der Waals surface area contributed by atoms with E-state index in [0.717, 1.165) is 12.8 Å². The van der Waals surface area contributed by atoms with Gasteiger partial charge in [0, 0.05) is 18.6 Å². The van der Waals surface area contributed by atoms with Crippen LogP contribution in [0.5, 0.6) is 0 Å².